The van der Waals surface area contributed by atoms with Crippen molar-refractivity contribution < 1.29 is 9.53 Å². The molecule has 1 aromatic carbocycles. The Hall–Kier alpha value is -1.39. The maximum Gasteiger partial charge on any atom is 0.325 e. The Bertz CT molecular complexity index is 519. The molecule has 122 valence electrons. The molecule has 0 radical (unpaired) electrons. The number of esters is 1. The van der Waals surface area contributed by atoms with Crippen molar-refractivity contribution in [3.05, 3.63) is 35.9 Å². The topological polar surface area (TPSA) is 55.6 Å². The van der Waals surface area contributed by atoms with E-state index in [1.54, 1.807) is 0 Å². The van der Waals surface area contributed by atoms with E-state index < -0.39 is 5.54 Å². The van der Waals surface area contributed by atoms with E-state index in [2.05, 4.69) is 56.9 Å². The van der Waals surface area contributed by atoms with Crippen molar-refractivity contribution in [2.24, 2.45) is 5.73 Å². The predicted molar refractivity (Wildman–Crippen MR) is 88.3 cm³/mol. The number of carbonyl (C=O) groups is 1. The van der Waals surface area contributed by atoms with Gasteiger partial charge in [0.2, 0.25) is 0 Å². The van der Waals surface area contributed by atoms with Gasteiger partial charge in [-0.1, -0.05) is 30.3 Å². The molecule has 1 aromatic rings. The first-order chi connectivity index (χ1) is 10.1. The minimum atomic E-state index is -0.922. The molecule has 1 saturated heterocycles. The number of nitrogens with two attached hydrogens (primary N) is 1. The molecule has 1 aliphatic rings. The zero-order valence-electron chi connectivity index (χ0n) is 14.3. The summed E-state index contributed by atoms with van der Waals surface area (Å²) in [5.74, 6) is -0.312. The van der Waals surface area contributed by atoms with Crippen molar-refractivity contribution in [1.29, 1.82) is 0 Å². The predicted octanol–water partition coefficient (Wildman–Crippen LogP) is 2.71. The first kappa shape index (κ1) is 17.0. The summed E-state index contributed by atoms with van der Waals surface area (Å²) >= 11 is 0. The van der Waals surface area contributed by atoms with Crippen molar-refractivity contribution in [1.82, 2.24) is 4.90 Å². The second kappa shape index (κ2) is 5.67. The fourth-order valence-electron chi connectivity index (χ4n) is 4.16. The summed E-state index contributed by atoms with van der Waals surface area (Å²) in [5.41, 5.74) is 6.38. The molecule has 1 heterocycles. The highest BCUT2D eigenvalue weighted by atomic mass is 16.5. The van der Waals surface area contributed by atoms with Crippen LogP contribution in [0.5, 0.6) is 0 Å². The molecule has 0 aliphatic carbocycles. The molecule has 1 fully saturated rings. The number of rotatable bonds is 3. The highest BCUT2D eigenvalue weighted by Crippen LogP contribution is 2.43. The molecule has 0 amide bonds. The summed E-state index contributed by atoms with van der Waals surface area (Å²) in [7, 11) is 1.41. The summed E-state index contributed by atoms with van der Waals surface area (Å²) in [6, 6.07) is 10.4. The molecule has 22 heavy (non-hydrogen) atoms. The Kier molecular flexibility index (Phi) is 4.37. The zero-order valence-corrected chi connectivity index (χ0v) is 14.3. The van der Waals surface area contributed by atoms with E-state index in [9.17, 15) is 4.79 Å². The smallest absolute Gasteiger partial charge is 0.325 e. The van der Waals surface area contributed by atoms with Crippen molar-refractivity contribution in [2.45, 2.75) is 63.7 Å². The quantitative estimate of drug-likeness (QED) is 0.872. The first-order valence-electron chi connectivity index (χ1n) is 7.80. The van der Waals surface area contributed by atoms with Crippen LogP contribution in [0.15, 0.2) is 30.3 Å². The largest absolute Gasteiger partial charge is 0.468 e. The van der Waals surface area contributed by atoms with E-state index in [1.807, 2.05) is 6.07 Å². The van der Waals surface area contributed by atoms with Crippen LogP contribution in [0.25, 0.3) is 0 Å². The Morgan fingerprint density at radius 3 is 2.09 bits per heavy atom. The van der Waals surface area contributed by atoms with Crippen molar-refractivity contribution in [2.75, 3.05) is 7.11 Å². The SMILES string of the molecule is COC(=O)C1(N)CC(C)(C)N(Cc2ccccc2)C(C)(C)C1. The number of carbonyl (C=O) groups excluding carboxylic acids is 1. The molecule has 0 unspecified atom stereocenters. The molecule has 0 spiro atoms. The molecule has 4 heteroatoms. The average molecular weight is 304 g/mol. The van der Waals surface area contributed by atoms with Crippen molar-refractivity contribution >= 4 is 5.97 Å². The molecule has 2 rings (SSSR count). The van der Waals surface area contributed by atoms with Gasteiger partial charge >= 0.3 is 5.97 Å². The van der Waals surface area contributed by atoms with Gasteiger partial charge < -0.3 is 10.5 Å². The van der Waals surface area contributed by atoms with Crippen molar-refractivity contribution in [3.63, 3.8) is 0 Å². The fraction of sp³-hybridized carbons (Fsp3) is 0.611. The minimum absolute atomic E-state index is 0.194. The van der Waals surface area contributed by atoms with Crippen LogP contribution in [0.3, 0.4) is 0 Å². The fourth-order valence-corrected chi connectivity index (χ4v) is 4.16. The molecule has 0 atom stereocenters. The second-order valence-corrected chi connectivity index (χ2v) is 7.70. The number of benzene rings is 1. The highest BCUT2D eigenvalue weighted by Gasteiger charge is 2.54. The number of piperidine rings is 1. The van der Waals surface area contributed by atoms with E-state index >= 15 is 0 Å². The minimum Gasteiger partial charge on any atom is -0.468 e. The molecule has 0 saturated carbocycles. The van der Waals surface area contributed by atoms with Crippen LogP contribution < -0.4 is 5.73 Å². The Balaban J connectivity index is 2.31. The van der Waals surface area contributed by atoms with E-state index in [1.165, 1.54) is 12.7 Å². The third-order valence-corrected chi connectivity index (χ3v) is 4.73. The lowest BCUT2D eigenvalue weighted by Crippen LogP contribution is -2.69. The first-order valence-corrected chi connectivity index (χ1v) is 7.80. The van der Waals surface area contributed by atoms with E-state index in [0.29, 0.717) is 12.8 Å². The van der Waals surface area contributed by atoms with E-state index in [0.717, 1.165) is 6.54 Å². The third kappa shape index (κ3) is 3.18. The second-order valence-electron chi connectivity index (χ2n) is 7.70. The molecule has 1 aliphatic heterocycles. The van der Waals surface area contributed by atoms with Gasteiger partial charge in [0.1, 0.15) is 5.54 Å². The van der Waals surface area contributed by atoms with Crippen LogP contribution >= 0.6 is 0 Å². The summed E-state index contributed by atoms with van der Waals surface area (Å²) in [6.07, 6.45) is 1.17. The molecular weight excluding hydrogens is 276 g/mol. The van der Waals surface area contributed by atoms with Crippen LogP contribution in [0, 0.1) is 0 Å². The molecule has 0 aromatic heterocycles. The monoisotopic (exact) mass is 304 g/mol. The van der Waals surface area contributed by atoms with Gasteiger partial charge in [0.15, 0.2) is 0 Å². The number of ether oxygens (including phenoxy) is 1. The highest BCUT2D eigenvalue weighted by molar-refractivity contribution is 5.81. The lowest BCUT2D eigenvalue weighted by molar-refractivity contribution is -0.157. The maximum absolute atomic E-state index is 12.2. The number of likely N-dealkylation sites (tertiary alicyclic amines) is 1. The maximum atomic E-state index is 12.2. The van der Waals surface area contributed by atoms with Crippen LogP contribution in [-0.4, -0.2) is 34.6 Å². The van der Waals surface area contributed by atoms with Crippen LogP contribution in [0.2, 0.25) is 0 Å². The van der Waals surface area contributed by atoms with Gasteiger partial charge in [-0.05, 0) is 46.1 Å². The standard InChI is InChI=1S/C18H28N2O2/c1-16(2)12-18(19,15(21)22-5)13-17(3,4)20(16)11-14-9-7-6-8-10-14/h6-10H,11-13,19H2,1-5H3. The average Bonchev–Trinajstić information content (AvgIpc) is 2.42. The summed E-state index contributed by atoms with van der Waals surface area (Å²) < 4.78 is 4.95. The number of hydrogen-bond acceptors (Lipinski definition) is 4. The Morgan fingerprint density at radius 1 is 1.14 bits per heavy atom. The van der Waals surface area contributed by atoms with Gasteiger partial charge in [-0.25, -0.2) is 0 Å². The Labute approximate surface area is 133 Å². The third-order valence-electron chi connectivity index (χ3n) is 4.73. The molecular formula is C18H28N2O2. The Morgan fingerprint density at radius 2 is 1.64 bits per heavy atom. The number of nitrogens with zero attached hydrogens (tertiary/aromatic N) is 1. The van der Waals surface area contributed by atoms with Crippen LogP contribution in [0.1, 0.15) is 46.1 Å². The molecule has 0 bridgehead atoms. The number of hydrogen-bond donors (Lipinski definition) is 1. The van der Waals surface area contributed by atoms with Gasteiger partial charge in [-0.15, -0.1) is 0 Å². The van der Waals surface area contributed by atoms with Gasteiger partial charge in [0, 0.05) is 17.6 Å². The van der Waals surface area contributed by atoms with Crippen LogP contribution in [0.4, 0.5) is 0 Å². The normalized spacial score (nSPS) is 23.0. The molecule has 2 N–H and O–H groups in total. The summed E-state index contributed by atoms with van der Waals surface area (Å²) in [6.45, 7) is 9.46. The van der Waals surface area contributed by atoms with Gasteiger partial charge in [0.25, 0.3) is 0 Å². The van der Waals surface area contributed by atoms with E-state index in [-0.39, 0.29) is 17.0 Å². The van der Waals surface area contributed by atoms with Crippen LogP contribution in [-0.2, 0) is 16.1 Å². The van der Waals surface area contributed by atoms with Gasteiger partial charge in [-0.3, -0.25) is 9.69 Å². The van der Waals surface area contributed by atoms with Gasteiger partial charge in [-0.2, -0.15) is 0 Å². The van der Waals surface area contributed by atoms with Gasteiger partial charge in [0.05, 0.1) is 7.11 Å². The van der Waals surface area contributed by atoms with Crippen molar-refractivity contribution in [3.8, 4) is 0 Å². The zero-order chi connectivity index (χ0) is 16.6. The number of methoxy groups -OCH3 is 1. The lowest BCUT2D eigenvalue weighted by atomic mass is 9.69. The lowest BCUT2D eigenvalue weighted by Gasteiger charge is -2.57. The summed E-state index contributed by atoms with van der Waals surface area (Å²) in [5, 5.41) is 0. The summed E-state index contributed by atoms with van der Waals surface area (Å²) in [4.78, 5) is 14.6. The van der Waals surface area contributed by atoms with E-state index in [4.69, 9.17) is 10.5 Å². The molecule has 4 nitrogen and oxygen atoms in total.